The van der Waals surface area contributed by atoms with Crippen LogP contribution in [0.1, 0.15) is 0 Å². The van der Waals surface area contributed by atoms with Crippen molar-refractivity contribution in [3.63, 3.8) is 0 Å². The zero-order chi connectivity index (χ0) is 2.00. The van der Waals surface area contributed by atoms with Gasteiger partial charge in [0.25, 0.3) is 9.12 Å². The van der Waals surface area contributed by atoms with Gasteiger partial charge in [-0.1, -0.05) is 0 Å². The van der Waals surface area contributed by atoms with Crippen molar-refractivity contribution < 1.29 is 21.6 Å². The van der Waals surface area contributed by atoms with Crippen molar-refractivity contribution in [1.29, 1.82) is 0 Å². The second kappa shape index (κ2) is 29.5. The molecule has 0 unspecified atom stereocenters. The maximum atomic E-state index is 7.94. The van der Waals surface area contributed by atoms with E-state index in [0.717, 1.165) is 0 Å². The van der Waals surface area contributed by atoms with Crippen LogP contribution >= 0.6 is 9.12 Å². The SMILES string of the molecule is O=[P].[Li].[Mn]. The molecular weight excluding hydrogens is 109 g/mol. The Morgan fingerprint density at radius 2 is 1.25 bits per heavy atom. The van der Waals surface area contributed by atoms with E-state index in [4.69, 9.17) is 4.57 Å². The maximum absolute atomic E-state index is 7.94. The van der Waals surface area contributed by atoms with Crippen LogP contribution in [0.4, 0.5) is 0 Å². The van der Waals surface area contributed by atoms with Crippen molar-refractivity contribution in [1.82, 2.24) is 0 Å². The largest absolute Gasteiger partial charge is 0.261 e. The number of rotatable bonds is 0. The van der Waals surface area contributed by atoms with E-state index >= 15 is 0 Å². The zero-order valence-corrected chi connectivity index (χ0v) is 4.31. The van der Waals surface area contributed by atoms with Gasteiger partial charge >= 0.3 is 0 Å². The predicted molar refractivity (Wildman–Crippen MR) is 13.4 cm³/mol. The van der Waals surface area contributed by atoms with Crippen LogP contribution in [0.2, 0.25) is 0 Å². The molecule has 0 amide bonds. The van der Waals surface area contributed by atoms with Crippen LogP contribution in [-0.4, -0.2) is 18.9 Å². The fourth-order valence-electron chi connectivity index (χ4n) is 0. The summed E-state index contributed by atoms with van der Waals surface area (Å²) in [6.07, 6.45) is 0. The van der Waals surface area contributed by atoms with Crippen LogP contribution in [0.25, 0.3) is 0 Å². The summed E-state index contributed by atoms with van der Waals surface area (Å²) in [6.45, 7) is 0. The van der Waals surface area contributed by atoms with Gasteiger partial charge in [-0.15, -0.1) is 0 Å². The second-order valence-corrected chi connectivity index (χ2v) is 0. The van der Waals surface area contributed by atoms with Crippen molar-refractivity contribution in [2.24, 2.45) is 0 Å². The molecule has 0 aromatic heterocycles. The first kappa shape index (κ1) is 18.9. The first-order valence-corrected chi connectivity index (χ1v) is 0.548. The molecule has 0 N–H and O–H groups in total. The molecule has 1 nitrogen and oxygen atoms in total. The molecule has 0 saturated carbocycles. The van der Waals surface area contributed by atoms with Crippen LogP contribution < -0.4 is 0 Å². The summed E-state index contributed by atoms with van der Waals surface area (Å²) < 4.78 is 7.94. The van der Waals surface area contributed by atoms with E-state index in [1.807, 2.05) is 0 Å². The summed E-state index contributed by atoms with van der Waals surface area (Å²) in [5.41, 5.74) is 0. The van der Waals surface area contributed by atoms with Crippen LogP contribution in [0.5, 0.6) is 0 Å². The molecule has 0 saturated heterocycles. The molecule has 3 radical (unpaired) electrons. The van der Waals surface area contributed by atoms with Crippen LogP contribution in [-0.2, 0) is 21.6 Å². The molecule has 0 aromatic rings. The minimum absolute atomic E-state index is 0. The van der Waals surface area contributed by atoms with E-state index in [9.17, 15) is 0 Å². The van der Waals surface area contributed by atoms with Crippen molar-refractivity contribution in [3.8, 4) is 0 Å². The van der Waals surface area contributed by atoms with Gasteiger partial charge in [-0.25, -0.2) is 0 Å². The molecule has 0 bridgehead atoms. The Morgan fingerprint density at radius 3 is 1.25 bits per heavy atom. The third-order valence-corrected chi connectivity index (χ3v) is 0. The molecule has 19 valence electrons. The molecule has 0 aliphatic heterocycles. The van der Waals surface area contributed by atoms with Gasteiger partial charge in [-0.3, -0.25) is 4.57 Å². The Hall–Kier alpha value is 1.22. The van der Waals surface area contributed by atoms with E-state index in [-0.39, 0.29) is 35.9 Å². The molecule has 0 spiro atoms. The Balaban J connectivity index is -0.00000000500. The molecule has 0 fully saturated rings. The van der Waals surface area contributed by atoms with Gasteiger partial charge in [-0.05, 0) is 0 Å². The van der Waals surface area contributed by atoms with E-state index in [1.165, 1.54) is 0 Å². The minimum Gasteiger partial charge on any atom is -0.261 e. The van der Waals surface area contributed by atoms with Crippen LogP contribution in [0.15, 0.2) is 0 Å². The third-order valence-electron chi connectivity index (χ3n) is 0. The van der Waals surface area contributed by atoms with Crippen molar-refractivity contribution in [2.45, 2.75) is 0 Å². The third kappa shape index (κ3) is 10.7. The molecule has 4 heteroatoms. The molecular formula is LiMnOP. The van der Waals surface area contributed by atoms with Crippen molar-refractivity contribution in [2.75, 3.05) is 0 Å². The molecule has 0 aliphatic carbocycles. The number of hydrogen-bond acceptors (Lipinski definition) is 1. The predicted octanol–water partition coefficient (Wildman–Crippen LogP) is 0.359. The average molecular weight is 109 g/mol. The van der Waals surface area contributed by atoms with Gasteiger partial charge < -0.3 is 0 Å². The topological polar surface area (TPSA) is 17.1 Å². The standard InChI is InChI=1S/Li.Mn.OP/c;;1-2. The molecule has 0 atom stereocenters. The number of hydrogen-bond donors (Lipinski definition) is 0. The van der Waals surface area contributed by atoms with Gasteiger partial charge in [0.1, 0.15) is 0 Å². The first-order chi connectivity index (χ1) is 1.00. The normalized spacial score (nSPS) is 1.00. The van der Waals surface area contributed by atoms with Crippen molar-refractivity contribution in [3.05, 3.63) is 0 Å². The van der Waals surface area contributed by atoms with Gasteiger partial charge in [0.2, 0.25) is 0 Å². The van der Waals surface area contributed by atoms with E-state index < -0.39 is 0 Å². The fraction of sp³-hybridized carbons (Fsp3) is 0. The Bertz CT molecular complexity index is 8.00. The van der Waals surface area contributed by atoms with E-state index in [1.54, 1.807) is 0 Å². The molecule has 0 heterocycles. The van der Waals surface area contributed by atoms with Crippen LogP contribution in [0.3, 0.4) is 0 Å². The van der Waals surface area contributed by atoms with Gasteiger partial charge in [0.15, 0.2) is 0 Å². The molecule has 0 aliphatic rings. The molecule has 0 aromatic carbocycles. The van der Waals surface area contributed by atoms with Gasteiger partial charge in [0, 0.05) is 35.9 Å². The summed E-state index contributed by atoms with van der Waals surface area (Å²) in [5, 5.41) is 0. The summed E-state index contributed by atoms with van der Waals surface area (Å²) >= 11 is 0. The maximum Gasteiger partial charge on any atom is 0.261 e. The Morgan fingerprint density at radius 1 is 1.25 bits per heavy atom. The second-order valence-electron chi connectivity index (χ2n) is 0. The summed E-state index contributed by atoms with van der Waals surface area (Å²) in [6, 6.07) is 0. The summed E-state index contributed by atoms with van der Waals surface area (Å²) in [5.74, 6) is 0. The van der Waals surface area contributed by atoms with Gasteiger partial charge in [-0.2, -0.15) is 0 Å². The summed E-state index contributed by atoms with van der Waals surface area (Å²) in [4.78, 5) is 0. The van der Waals surface area contributed by atoms with E-state index in [0.29, 0.717) is 0 Å². The monoisotopic (exact) mass is 109 g/mol. The van der Waals surface area contributed by atoms with Crippen molar-refractivity contribution >= 4 is 28.0 Å². The average Bonchev–Trinajstić information content (AvgIpc) is 1.00. The van der Waals surface area contributed by atoms with Crippen LogP contribution in [0, 0.1) is 0 Å². The molecule has 4 heavy (non-hydrogen) atoms. The zero-order valence-electron chi connectivity index (χ0n) is 2.23. The molecule has 0 rings (SSSR count). The minimum atomic E-state index is 0. The van der Waals surface area contributed by atoms with E-state index in [2.05, 4.69) is 9.12 Å². The Kier molecular flexibility index (Phi) is 139. The fourth-order valence-corrected chi connectivity index (χ4v) is 0. The Labute approximate surface area is 49.8 Å². The summed E-state index contributed by atoms with van der Waals surface area (Å²) in [7, 11) is 2.28. The smallest absolute Gasteiger partial charge is 0.261 e. The first-order valence-electron chi connectivity index (χ1n) is 0.183. The van der Waals surface area contributed by atoms with Gasteiger partial charge in [0.05, 0.1) is 0 Å². The quantitative estimate of drug-likeness (QED) is 0.324.